The van der Waals surface area contributed by atoms with Gasteiger partial charge >= 0.3 is 5.97 Å². The van der Waals surface area contributed by atoms with Crippen LogP contribution >= 0.6 is 0 Å². The number of Topliss-reactive ketones (excluding diaryl/α,β-unsaturated/α-hetero) is 3. The van der Waals surface area contributed by atoms with Crippen LogP contribution in [0.3, 0.4) is 0 Å². The molecule has 6 nitrogen and oxygen atoms in total. The molecule has 0 amide bonds. The summed E-state index contributed by atoms with van der Waals surface area (Å²) in [5, 5.41) is 8.99. The normalized spacial score (nSPS) is 25.0. The second kappa shape index (κ2) is 13.6. The third-order valence-electron chi connectivity index (χ3n) is 8.33. The van der Waals surface area contributed by atoms with Gasteiger partial charge in [0.1, 0.15) is 0 Å². The molecule has 2 bridgehead atoms. The first-order valence-corrected chi connectivity index (χ1v) is 16.6. The highest BCUT2D eigenvalue weighted by molar-refractivity contribution is 6.74. The van der Waals surface area contributed by atoms with Gasteiger partial charge in [-0.2, -0.15) is 0 Å². The fourth-order valence-corrected chi connectivity index (χ4v) is 6.16. The molecule has 0 saturated heterocycles. The molecule has 2 aliphatic rings. The van der Waals surface area contributed by atoms with E-state index in [1.807, 2.05) is 12.2 Å². The molecule has 2 unspecified atom stereocenters. The lowest BCUT2D eigenvalue weighted by Gasteiger charge is -2.36. The van der Waals surface area contributed by atoms with Gasteiger partial charge in [0.25, 0.3) is 5.78 Å². The third-order valence-corrected chi connectivity index (χ3v) is 12.9. The number of fused-ring (bicyclic) bond motifs is 2. The van der Waals surface area contributed by atoms with Gasteiger partial charge in [-0.3, -0.25) is 19.2 Å². The summed E-state index contributed by atoms with van der Waals surface area (Å²) in [7, 11) is -1.67. The molecule has 0 aromatic carbocycles. The Bertz CT molecular complexity index is 850. The molecular formula is C29H46O6Si. The lowest BCUT2D eigenvalue weighted by Crippen LogP contribution is -2.40. The molecule has 0 spiro atoms. The Morgan fingerprint density at radius 3 is 2.25 bits per heavy atom. The predicted molar refractivity (Wildman–Crippen MR) is 144 cm³/mol. The van der Waals surface area contributed by atoms with E-state index in [1.165, 1.54) is 0 Å². The zero-order valence-electron chi connectivity index (χ0n) is 22.9. The van der Waals surface area contributed by atoms with Crippen LogP contribution in [0.1, 0.15) is 85.0 Å². The summed E-state index contributed by atoms with van der Waals surface area (Å²) < 4.78 is 6.24. The Morgan fingerprint density at radius 2 is 1.58 bits per heavy atom. The van der Waals surface area contributed by atoms with Gasteiger partial charge in [-0.05, 0) is 74.9 Å². The predicted octanol–water partition coefficient (Wildman–Crippen LogP) is 6.31. The molecule has 2 rings (SSSR count). The fraction of sp³-hybridized carbons (Fsp3) is 0.724. The van der Waals surface area contributed by atoms with Crippen molar-refractivity contribution in [2.75, 3.05) is 6.61 Å². The van der Waals surface area contributed by atoms with E-state index in [0.717, 1.165) is 38.7 Å². The van der Waals surface area contributed by atoms with Gasteiger partial charge in [-0.25, -0.2) is 0 Å². The molecule has 0 aliphatic heterocycles. The van der Waals surface area contributed by atoms with Crippen molar-refractivity contribution in [3.63, 3.8) is 0 Å². The van der Waals surface area contributed by atoms with Crippen molar-refractivity contribution < 1.29 is 28.7 Å². The molecule has 2 aliphatic carbocycles. The van der Waals surface area contributed by atoms with Gasteiger partial charge in [-0.15, -0.1) is 0 Å². The second-order valence-corrected chi connectivity index (χ2v) is 16.8. The van der Waals surface area contributed by atoms with Crippen LogP contribution in [0.4, 0.5) is 0 Å². The topological polar surface area (TPSA) is 97.7 Å². The molecule has 0 aromatic heterocycles. The number of carbonyl (C=O) groups excluding carboxylic acids is 3. The Morgan fingerprint density at radius 1 is 0.944 bits per heavy atom. The first kappa shape index (κ1) is 30.4. The van der Waals surface area contributed by atoms with E-state index in [-0.39, 0.29) is 35.1 Å². The van der Waals surface area contributed by atoms with Gasteiger partial charge in [0.15, 0.2) is 8.32 Å². The maximum Gasteiger partial charge on any atom is 0.303 e. The number of ketones is 3. The first-order valence-electron chi connectivity index (χ1n) is 13.7. The summed E-state index contributed by atoms with van der Waals surface area (Å²) in [6.45, 7) is 12.2. The number of carboxylic acid groups (broad SMARTS) is 1. The highest BCUT2D eigenvalue weighted by Gasteiger charge is 2.55. The Kier molecular flexibility index (Phi) is 11.5. The largest absolute Gasteiger partial charge is 0.481 e. The van der Waals surface area contributed by atoms with Gasteiger partial charge < -0.3 is 9.53 Å². The van der Waals surface area contributed by atoms with Crippen LogP contribution in [0.2, 0.25) is 18.1 Å². The van der Waals surface area contributed by atoms with Crippen LogP contribution in [0.25, 0.3) is 0 Å². The summed E-state index contributed by atoms with van der Waals surface area (Å²) in [5.74, 6) is -3.54. The van der Waals surface area contributed by atoms with Gasteiger partial charge in [0, 0.05) is 24.9 Å². The molecule has 202 valence electrons. The molecular weight excluding hydrogens is 472 g/mol. The highest BCUT2D eigenvalue weighted by atomic mass is 28.4. The summed E-state index contributed by atoms with van der Waals surface area (Å²) in [5.41, 5.74) is 0. The van der Waals surface area contributed by atoms with Crippen LogP contribution < -0.4 is 0 Å². The van der Waals surface area contributed by atoms with E-state index in [2.05, 4.69) is 46.0 Å². The maximum atomic E-state index is 12.5. The lowest BCUT2D eigenvalue weighted by molar-refractivity contribution is -0.149. The number of allylic oxidation sites excluding steroid dienone is 4. The molecule has 0 aromatic rings. The van der Waals surface area contributed by atoms with Crippen molar-refractivity contribution in [3.8, 4) is 0 Å². The van der Waals surface area contributed by atoms with Crippen molar-refractivity contribution in [1.29, 1.82) is 0 Å². The summed E-state index contributed by atoms with van der Waals surface area (Å²) >= 11 is 0. The summed E-state index contributed by atoms with van der Waals surface area (Å²) in [4.78, 5) is 47.8. The van der Waals surface area contributed by atoms with E-state index < -0.39 is 31.6 Å². The van der Waals surface area contributed by atoms with Gasteiger partial charge in [-0.1, -0.05) is 57.9 Å². The molecule has 2 fully saturated rings. The molecule has 7 heteroatoms. The minimum Gasteiger partial charge on any atom is -0.481 e. The zero-order chi connectivity index (χ0) is 26.9. The number of hydrogen-bond acceptors (Lipinski definition) is 5. The Balaban J connectivity index is 1.81. The molecule has 4 atom stereocenters. The van der Waals surface area contributed by atoms with E-state index >= 15 is 0 Å². The van der Waals surface area contributed by atoms with E-state index in [4.69, 9.17) is 9.53 Å². The number of carbonyl (C=O) groups is 4. The minimum absolute atomic E-state index is 0.0441. The maximum absolute atomic E-state index is 12.5. The van der Waals surface area contributed by atoms with Crippen molar-refractivity contribution in [2.24, 2.45) is 23.7 Å². The van der Waals surface area contributed by atoms with Crippen molar-refractivity contribution in [2.45, 2.75) is 103 Å². The number of carboxylic acids is 1. The number of rotatable bonds is 15. The molecule has 36 heavy (non-hydrogen) atoms. The number of aliphatic carboxylic acids is 1. The average Bonchev–Trinajstić information content (AvgIpc) is 3.12. The van der Waals surface area contributed by atoms with E-state index in [1.54, 1.807) is 0 Å². The zero-order valence-corrected chi connectivity index (χ0v) is 23.9. The monoisotopic (exact) mass is 518 g/mol. The van der Waals surface area contributed by atoms with Crippen LogP contribution in [-0.2, 0) is 23.6 Å². The standard InChI is InChI=1S/C29H46O6Si/c1-29(2,3)36(4,5)35-19-15-11-7-6-8-12-16-21-22(17-13-9-10-14-18-25(30)31)24-20-23(21)26(32)28(34)27(24)33/h9,12-13,16,21-24H,6-8,10-11,14-15,17-20H2,1-5H3,(H,30,31)/b13-9-,16-12?/t21?,22?,23-,24-/m1/s1. The van der Waals surface area contributed by atoms with Crippen molar-refractivity contribution in [3.05, 3.63) is 24.3 Å². The molecule has 1 N–H and O–H groups in total. The first-order chi connectivity index (χ1) is 16.9. The number of unbranched alkanes of at least 4 members (excludes halogenated alkanes) is 5. The second-order valence-electron chi connectivity index (χ2n) is 12.0. The van der Waals surface area contributed by atoms with E-state index in [0.29, 0.717) is 25.7 Å². The van der Waals surface area contributed by atoms with E-state index in [9.17, 15) is 19.2 Å². The molecule has 0 radical (unpaired) electrons. The van der Waals surface area contributed by atoms with Crippen molar-refractivity contribution >= 4 is 31.6 Å². The lowest BCUT2D eigenvalue weighted by atomic mass is 9.83. The quantitative estimate of drug-likeness (QED) is 0.118. The minimum atomic E-state index is -1.67. The summed E-state index contributed by atoms with van der Waals surface area (Å²) in [6.07, 6.45) is 15.9. The number of hydrogen-bond donors (Lipinski definition) is 1. The summed E-state index contributed by atoms with van der Waals surface area (Å²) in [6, 6.07) is 0. The van der Waals surface area contributed by atoms with Crippen LogP contribution in [0, 0.1) is 23.7 Å². The highest BCUT2D eigenvalue weighted by Crippen LogP contribution is 2.48. The fourth-order valence-electron chi connectivity index (χ4n) is 5.07. The van der Waals surface area contributed by atoms with Crippen LogP contribution in [0.5, 0.6) is 0 Å². The average molecular weight is 519 g/mol. The van der Waals surface area contributed by atoms with Crippen LogP contribution in [0.15, 0.2) is 24.3 Å². The van der Waals surface area contributed by atoms with Gasteiger partial charge in [0.05, 0.1) is 0 Å². The van der Waals surface area contributed by atoms with Gasteiger partial charge in [0.2, 0.25) is 11.6 Å². The van der Waals surface area contributed by atoms with Crippen molar-refractivity contribution in [1.82, 2.24) is 0 Å². The molecule has 0 heterocycles. The Hall–Kier alpha value is -1.86. The van der Waals surface area contributed by atoms with Crippen LogP contribution in [-0.4, -0.2) is 43.3 Å². The SMILES string of the molecule is CC(C)(C)[Si](C)(C)OCCCCCCC=CC1C(C/C=C\CCCC(=O)O)[C@H]2C[C@H]1C(=O)C(=O)C2=O. The third kappa shape index (κ3) is 8.34. The smallest absolute Gasteiger partial charge is 0.303 e. The molecule has 2 saturated carbocycles. The Labute approximate surface area is 218 Å².